The molecule has 1 aromatic rings. The van der Waals surface area contributed by atoms with Crippen molar-refractivity contribution in [2.75, 3.05) is 23.8 Å². The molecule has 1 aliphatic heterocycles. The maximum absolute atomic E-state index is 13.4. The third-order valence-corrected chi connectivity index (χ3v) is 7.12. The van der Waals surface area contributed by atoms with Gasteiger partial charge < -0.3 is 5.32 Å². The van der Waals surface area contributed by atoms with Crippen LogP contribution in [0.5, 0.6) is 0 Å². The van der Waals surface area contributed by atoms with Gasteiger partial charge >= 0.3 is 0 Å². The molecular formula is C13H18FNO4S2. The number of hydrogen-bond donors (Lipinski definition) is 1. The molecule has 1 unspecified atom stereocenters. The summed E-state index contributed by atoms with van der Waals surface area (Å²) in [5.41, 5.74) is 0.384. The molecule has 0 bridgehead atoms. The van der Waals surface area contributed by atoms with Crippen LogP contribution in [-0.4, -0.2) is 40.6 Å². The minimum Gasteiger partial charge on any atom is -0.309 e. The van der Waals surface area contributed by atoms with Crippen molar-refractivity contribution in [1.29, 1.82) is 0 Å². The summed E-state index contributed by atoms with van der Waals surface area (Å²) in [5.74, 6) is -0.473. The first-order valence-corrected chi connectivity index (χ1v) is 10.2. The molecule has 0 aliphatic carbocycles. The molecule has 0 fully saturated rings. The fraction of sp³-hybridized carbons (Fsp3) is 0.538. The highest BCUT2D eigenvalue weighted by atomic mass is 32.2. The fourth-order valence-corrected chi connectivity index (χ4v) is 4.68. The van der Waals surface area contributed by atoms with E-state index in [-0.39, 0.29) is 34.7 Å². The second-order valence-electron chi connectivity index (χ2n) is 5.03. The van der Waals surface area contributed by atoms with E-state index in [0.717, 1.165) is 6.07 Å². The monoisotopic (exact) mass is 335 g/mol. The van der Waals surface area contributed by atoms with Gasteiger partial charge in [0, 0.05) is 18.3 Å². The highest BCUT2D eigenvalue weighted by Gasteiger charge is 2.30. The van der Waals surface area contributed by atoms with Crippen molar-refractivity contribution in [3.8, 4) is 0 Å². The number of hydrogen-bond acceptors (Lipinski definition) is 5. The van der Waals surface area contributed by atoms with Crippen molar-refractivity contribution in [3.05, 3.63) is 29.6 Å². The molecule has 0 amide bonds. The van der Waals surface area contributed by atoms with E-state index in [1.165, 1.54) is 12.1 Å². The van der Waals surface area contributed by atoms with Crippen LogP contribution >= 0.6 is 0 Å². The molecule has 5 nitrogen and oxygen atoms in total. The number of benzene rings is 1. The summed E-state index contributed by atoms with van der Waals surface area (Å²) in [5, 5.41) is 3.02. The summed E-state index contributed by atoms with van der Waals surface area (Å²) < 4.78 is 60.2. The lowest BCUT2D eigenvalue weighted by atomic mass is 10.0. The van der Waals surface area contributed by atoms with Gasteiger partial charge in [-0.25, -0.2) is 21.2 Å². The van der Waals surface area contributed by atoms with Gasteiger partial charge in [0.1, 0.15) is 5.82 Å². The van der Waals surface area contributed by atoms with Gasteiger partial charge in [-0.2, -0.15) is 0 Å². The number of nitrogens with one attached hydrogen (secondary N) is 1. The molecule has 0 radical (unpaired) electrons. The molecule has 1 aliphatic rings. The second kappa shape index (κ2) is 6.02. The molecule has 1 N–H and O–H groups in total. The lowest BCUT2D eigenvalue weighted by molar-refractivity contribution is 0.497. The Bertz CT molecular complexity index is 729. The van der Waals surface area contributed by atoms with E-state index in [9.17, 15) is 21.2 Å². The van der Waals surface area contributed by atoms with Crippen molar-refractivity contribution in [2.24, 2.45) is 0 Å². The van der Waals surface area contributed by atoms with Crippen LogP contribution < -0.4 is 5.32 Å². The molecule has 0 aromatic heterocycles. The standard InChI is InChI=1S/C13H18FNO4S2/c1-2-20(16,17)8-6-15-12-5-7-21(18,19)13-4-3-10(14)9-11(12)13/h3-4,9,12,15H,2,5-8H2,1H3. The van der Waals surface area contributed by atoms with E-state index in [2.05, 4.69) is 5.32 Å². The van der Waals surface area contributed by atoms with Crippen molar-refractivity contribution in [2.45, 2.75) is 24.3 Å². The lowest BCUT2D eigenvalue weighted by Crippen LogP contribution is -2.33. The molecule has 2 rings (SSSR count). The molecule has 0 saturated heterocycles. The minimum atomic E-state index is -3.37. The number of rotatable bonds is 5. The zero-order valence-corrected chi connectivity index (χ0v) is 13.3. The molecule has 0 spiro atoms. The van der Waals surface area contributed by atoms with Crippen LogP contribution in [0.3, 0.4) is 0 Å². The zero-order chi connectivity index (χ0) is 15.7. The predicted molar refractivity (Wildman–Crippen MR) is 78.1 cm³/mol. The molecule has 8 heteroatoms. The summed E-state index contributed by atoms with van der Waals surface area (Å²) in [6.07, 6.45) is 0.310. The Morgan fingerprint density at radius 1 is 1.38 bits per heavy atom. The molecule has 0 saturated carbocycles. The zero-order valence-electron chi connectivity index (χ0n) is 11.7. The maximum atomic E-state index is 13.4. The van der Waals surface area contributed by atoms with Gasteiger partial charge in [-0.15, -0.1) is 0 Å². The molecule has 21 heavy (non-hydrogen) atoms. The van der Waals surface area contributed by atoms with Gasteiger partial charge in [-0.05, 0) is 30.2 Å². The Balaban J connectivity index is 2.18. The van der Waals surface area contributed by atoms with Gasteiger partial charge in [-0.3, -0.25) is 0 Å². The second-order valence-corrected chi connectivity index (χ2v) is 9.58. The third-order valence-electron chi connectivity index (χ3n) is 3.60. The van der Waals surface area contributed by atoms with E-state index >= 15 is 0 Å². The quantitative estimate of drug-likeness (QED) is 0.814. The Morgan fingerprint density at radius 2 is 2.10 bits per heavy atom. The van der Waals surface area contributed by atoms with Gasteiger partial charge in [-0.1, -0.05) is 6.92 Å². The first-order chi connectivity index (χ1) is 9.75. The van der Waals surface area contributed by atoms with E-state index in [4.69, 9.17) is 0 Å². The van der Waals surface area contributed by atoms with Gasteiger partial charge in [0.25, 0.3) is 0 Å². The van der Waals surface area contributed by atoms with Gasteiger partial charge in [0.05, 0.1) is 16.4 Å². The van der Waals surface area contributed by atoms with E-state index in [1.807, 2.05) is 0 Å². The third kappa shape index (κ3) is 3.81. The Hall–Kier alpha value is -0.990. The summed E-state index contributed by atoms with van der Waals surface area (Å²) in [4.78, 5) is 0.131. The lowest BCUT2D eigenvalue weighted by Gasteiger charge is -2.26. The highest BCUT2D eigenvalue weighted by molar-refractivity contribution is 7.91. The summed E-state index contributed by atoms with van der Waals surface area (Å²) in [6, 6.07) is 3.26. The van der Waals surface area contributed by atoms with Crippen molar-refractivity contribution >= 4 is 19.7 Å². The SMILES string of the molecule is CCS(=O)(=O)CCNC1CCS(=O)(=O)c2ccc(F)cc21. The molecule has 1 atom stereocenters. The van der Waals surface area contributed by atoms with Crippen LogP contribution in [0.4, 0.5) is 4.39 Å². The van der Waals surface area contributed by atoms with Crippen molar-refractivity contribution < 1.29 is 21.2 Å². The van der Waals surface area contributed by atoms with Crippen LogP contribution in [0.2, 0.25) is 0 Å². The number of fused-ring (bicyclic) bond motifs is 1. The maximum Gasteiger partial charge on any atom is 0.178 e. The van der Waals surface area contributed by atoms with Gasteiger partial charge in [0.15, 0.2) is 19.7 Å². The van der Waals surface area contributed by atoms with Crippen LogP contribution in [-0.2, 0) is 19.7 Å². The minimum absolute atomic E-state index is 0.0165. The summed E-state index contributed by atoms with van der Waals surface area (Å²) >= 11 is 0. The first-order valence-electron chi connectivity index (χ1n) is 6.71. The topological polar surface area (TPSA) is 80.3 Å². The Kier molecular flexibility index (Phi) is 4.69. The average molecular weight is 335 g/mol. The highest BCUT2D eigenvalue weighted by Crippen LogP contribution is 2.32. The van der Waals surface area contributed by atoms with Crippen LogP contribution in [0.1, 0.15) is 24.9 Å². The van der Waals surface area contributed by atoms with Crippen molar-refractivity contribution in [1.82, 2.24) is 5.32 Å². The van der Waals surface area contributed by atoms with Crippen LogP contribution in [0, 0.1) is 5.82 Å². The Morgan fingerprint density at radius 3 is 2.76 bits per heavy atom. The van der Waals surface area contributed by atoms with Crippen molar-refractivity contribution in [3.63, 3.8) is 0 Å². The van der Waals surface area contributed by atoms with Crippen LogP contribution in [0.15, 0.2) is 23.1 Å². The first kappa shape index (κ1) is 16.4. The molecule has 118 valence electrons. The fourth-order valence-electron chi connectivity index (χ4n) is 2.36. The summed E-state index contributed by atoms with van der Waals surface area (Å²) in [6.45, 7) is 1.80. The van der Waals surface area contributed by atoms with E-state index in [0.29, 0.717) is 12.0 Å². The van der Waals surface area contributed by atoms with E-state index in [1.54, 1.807) is 6.92 Å². The smallest absolute Gasteiger partial charge is 0.178 e. The van der Waals surface area contributed by atoms with E-state index < -0.39 is 25.5 Å². The average Bonchev–Trinajstić information content (AvgIpc) is 2.41. The molecule has 1 aromatic carbocycles. The molecule has 1 heterocycles. The molecular weight excluding hydrogens is 317 g/mol. The largest absolute Gasteiger partial charge is 0.309 e. The number of halogens is 1. The normalized spacial score (nSPS) is 21.0. The number of sulfone groups is 2. The van der Waals surface area contributed by atoms with Crippen LogP contribution in [0.25, 0.3) is 0 Å². The van der Waals surface area contributed by atoms with Gasteiger partial charge in [0.2, 0.25) is 0 Å². The summed E-state index contributed by atoms with van der Waals surface area (Å²) in [7, 11) is -6.46. The Labute approximate surface area is 124 Å². The predicted octanol–water partition coefficient (Wildman–Crippen LogP) is 1.07.